The van der Waals surface area contributed by atoms with Gasteiger partial charge in [0.15, 0.2) is 12.4 Å². The Morgan fingerprint density at radius 1 is 0.970 bits per heavy atom. The lowest BCUT2D eigenvalue weighted by Crippen LogP contribution is -2.20. The van der Waals surface area contributed by atoms with Gasteiger partial charge in [0.1, 0.15) is 5.75 Å². The van der Waals surface area contributed by atoms with Crippen LogP contribution >= 0.6 is 0 Å². The fraction of sp³-hybridized carbons (Fsp3) is 0.269. The van der Waals surface area contributed by atoms with E-state index in [0.29, 0.717) is 40.5 Å². The van der Waals surface area contributed by atoms with Crippen molar-refractivity contribution in [1.29, 1.82) is 0 Å². The molecule has 168 valence electrons. The Bertz CT molecular complexity index is 1190. The monoisotopic (exact) mass is 443 g/mol. The summed E-state index contributed by atoms with van der Waals surface area (Å²) in [5, 5.41) is 10.9. The van der Waals surface area contributed by atoms with Crippen molar-refractivity contribution in [2.75, 3.05) is 11.9 Å². The second-order valence-electron chi connectivity index (χ2n) is 8.21. The van der Waals surface area contributed by atoms with Crippen LogP contribution in [-0.4, -0.2) is 22.7 Å². The molecule has 0 aliphatic heterocycles. The van der Waals surface area contributed by atoms with E-state index < -0.39 is 0 Å². The van der Waals surface area contributed by atoms with Crippen LogP contribution in [0.1, 0.15) is 43.6 Å². The summed E-state index contributed by atoms with van der Waals surface area (Å²) >= 11 is 0. The van der Waals surface area contributed by atoms with E-state index in [2.05, 4.69) is 27.6 Å². The number of hydrogen-bond acceptors (Lipinski definition) is 6. The molecule has 0 radical (unpaired) electrons. The molecule has 2 aromatic carbocycles. The van der Waals surface area contributed by atoms with E-state index in [1.165, 1.54) is 37.7 Å². The predicted molar refractivity (Wildman–Crippen MR) is 124 cm³/mol. The summed E-state index contributed by atoms with van der Waals surface area (Å²) in [5.74, 6) is 2.23. The molecule has 1 amide bonds. The van der Waals surface area contributed by atoms with Crippen molar-refractivity contribution >= 4 is 11.6 Å². The van der Waals surface area contributed by atoms with E-state index in [4.69, 9.17) is 13.6 Å². The topological polar surface area (TPSA) is 90.4 Å². The van der Waals surface area contributed by atoms with Crippen molar-refractivity contribution in [3.05, 3.63) is 72.5 Å². The molecule has 1 aliphatic rings. The summed E-state index contributed by atoms with van der Waals surface area (Å²) in [7, 11) is 0. The Morgan fingerprint density at radius 2 is 1.79 bits per heavy atom. The molecule has 0 spiro atoms. The first-order valence-corrected chi connectivity index (χ1v) is 11.2. The maximum absolute atomic E-state index is 12.4. The fourth-order valence-electron chi connectivity index (χ4n) is 4.19. The molecule has 2 aromatic heterocycles. The van der Waals surface area contributed by atoms with Crippen molar-refractivity contribution < 1.29 is 18.4 Å². The van der Waals surface area contributed by atoms with Crippen molar-refractivity contribution in [3.63, 3.8) is 0 Å². The van der Waals surface area contributed by atoms with Crippen LogP contribution in [0.2, 0.25) is 0 Å². The molecular weight excluding hydrogens is 418 g/mol. The first-order valence-electron chi connectivity index (χ1n) is 11.2. The minimum Gasteiger partial charge on any atom is -0.484 e. The summed E-state index contributed by atoms with van der Waals surface area (Å²) in [6.07, 6.45) is 8.02. The highest BCUT2D eigenvalue weighted by atomic mass is 16.5. The van der Waals surface area contributed by atoms with Gasteiger partial charge in [-0.1, -0.05) is 37.5 Å². The van der Waals surface area contributed by atoms with Gasteiger partial charge >= 0.3 is 0 Å². The van der Waals surface area contributed by atoms with Gasteiger partial charge in [0.2, 0.25) is 5.89 Å². The molecule has 2 heterocycles. The van der Waals surface area contributed by atoms with Crippen LogP contribution < -0.4 is 10.1 Å². The standard InChI is InChI=1S/C26H25N3O4/c30-24(17-32-22-13-11-19(12-14-22)18-6-2-1-3-7-18)27-21-9-4-8-20(16-21)25-28-29-26(33-25)23-10-5-15-31-23/h4-5,8-16,18H,1-3,6-7,17H2,(H,27,30). The number of furan rings is 1. The first-order chi connectivity index (χ1) is 16.2. The zero-order valence-electron chi connectivity index (χ0n) is 18.2. The number of carbonyl (C=O) groups excluding carboxylic acids is 1. The van der Waals surface area contributed by atoms with Gasteiger partial charge in [-0.15, -0.1) is 10.2 Å². The molecule has 1 N–H and O–H groups in total. The summed E-state index contributed by atoms with van der Waals surface area (Å²) in [5.41, 5.74) is 2.67. The molecule has 0 saturated heterocycles. The molecule has 0 unspecified atom stereocenters. The lowest BCUT2D eigenvalue weighted by atomic mass is 9.84. The molecule has 4 aromatic rings. The lowest BCUT2D eigenvalue weighted by molar-refractivity contribution is -0.118. The van der Waals surface area contributed by atoms with Gasteiger partial charge < -0.3 is 18.9 Å². The lowest BCUT2D eigenvalue weighted by Gasteiger charge is -2.22. The normalized spacial score (nSPS) is 14.2. The van der Waals surface area contributed by atoms with E-state index in [9.17, 15) is 4.79 Å². The average molecular weight is 444 g/mol. The summed E-state index contributed by atoms with van der Waals surface area (Å²) in [6, 6.07) is 18.8. The minimum absolute atomic E-state index is 0.0732. The summed E-state index contributed by atoms with van der Waals surface area (Å²) < 4.78 is 16.6. The molecule has 1 saturated carbocycles. The number of amides is 1. The van der Waals surface area contributed by atoms with Crippen LogP contribution in [0, 0.1) is 0 Å². The molecule has 33 heavy (non-hydrogen) atoms. The molecule has 7 heteroatoms. The van der Waals surface area contributed by atoms with Crippen LogP contribution in [0.4, 0.5) is 5.69 Å². The number of nitrogens with one attached hydrogen (secondary N) is 1. The van der Waals surface area contributed by atoms with Gasteiger partial charge in [-0.25, -0.2) is 0 Å². The quantitative estimate of drug-likeness (QED) is 0.373. The van der Waals surface area contributed by atoms with Gasteiger partial charge in [-0.3, -0.25) is 4.79 Å². The number of carbonyl (C=O) groups is 1. The van der Waals surface area contributed by atoms with Crippen LogP contribution in [-0.2, 0) is 4.79 Å². The van der Waals surface area contributed by atoms with Crippen LogP contribution in [0.3, 0.4) is 0 Å². The van der Waals surface area contributed by atoms with Crippen molar-refractivity contribution in [2.24, 2.45) is 0 Å². The van der Waals surface area contributed by atoms with Gasteiger partial charge in [-0.05, 0) is 66.8 Å². The van der Waals surface area contributed by atoms with Gasteiger partial charge in [-0.2, -0.15) is 0 Å². The molecular formula is C26H25N3O4. The highest BCUT2D eigenvalue weighted by molar-refractivity contribution is 5.92. The second-order valence-corrected chi connectivity index (χ2v) is 8.21. The highest BCUT2D eigenvalue weighted by Gasteiger charge is 2.16. The third kappa shape index (κ3) is 5.14. The number of rotatable bonds is 7. The Morgan fingerprint density at radius 3 is 2.58 bits per heavy atom. The number of nitrogens with zero attached hydrogens (tertiary/aromatic N) is 2. The first kappa shape index (κ1) is 21.0. The van der Waals surface area contributed by atoms with Gasteiger partial charge in [0.05, 0.1) is 6.26 Å². The predicted octanol–water partition coefficient (Wildman–Crippen LogP) is 6.06. The molecule has 1 fully saturated rings. The number of benzene rings is 2. The van der Waals surface area contributed by atoms with Crippen LogP contribution in [0.25, 0.3) is 23.1 Å². The minimum atomic E-state index is -0.245. The Kier molecular flexibility index (Phi) is 6.19. The Labute approximate surface area is 191 Å². The van der Waals surface area contributed by atoms with E-state index in [1.807, 2.05) is 24.3 Å². The van der Waals surface area contributed by atoms with Crippen LogP contribution in [0.15, 0.2) is 75.8 Å². The molecule has 0 bridgehead atoms. The fourth-order valence-corrected chi connectivity index (χ4v) is 4.19. The summed E-state index contributed by atoms with van der Waals surface area (Å²) in [4.78, 5) is 12.4. The van der Waals surface area contributed by atoms with E-state index in [-0.39, 0.29) is 12.5 Å². The van der Waals surface area contributed by atoms with Gasteiger partial charge in [0, 0.05) is 11.3 Å². The van der Waals surface area contributed by atoms with Crippen molar-refractivity contribution in [2.45, 2.75) is 38.0 Å². The van der Waals surface area contributed by atoms with E-state index in [1.54, 1.807) is 30.5 Å². The van der Waals surface area contributed by atoms with Gasteiger partial charge in [0.25, 0.3) is 11.8 Å². The SMILES string of the molecule is O=C(COc1ccc(C2CCCCC2)cc1)Nc1cccc(-c2nnc(-c3ccco3)o2)c1. The van der Waals surface area contributed by atoms with E-state index in [0.717, 1.165) is 0 Å². The maximum atomic E-state index is 12.4. The average Bonchev–Trinajstić information content (AvgIpc) is 3.56. The summed E-state index contributed by atoms with van der Waals surface area (Å²) in [6.45, 7) is -0.0732. The number of anilines is 1. The molecule has 5 rings (SSSR count). The van der Waals surface area contributed by atoms with Crippen molar-refractivity contribution in [3.8, 4) is 28.9 Å². The smallest absolute Gasteiger partial charge is 0.283 e. The van der Waals surface area contributed by atoms with E-state index >= 15 is 0 Å². The van der Waals surface area contributed by atoms with Crippen LogP contribution in [0.5, 0.6) is 5.75 Å². The van der Waals surface area contributed by atoms with Crippen molar-refractivity contribution in [1.82, 2.24) is 10.2 Å². The third-order valence-corrected chi connectivity index (χ3v) is 5.88. The maximum Gasteiger partial charge on any atom is 0.283 e. The second kappa shape index (κ2) is 9.73. The third-order valence-electron chi connectivity index (χ3n) is 5.88. The highest BCUT2D eigenvalue weighted by Crippen LogP contribution is 2.33. The number of hydrogen-bond donors (Lipinski definition) is 1. The zero-order chi connectivity index (χ0) is 22.5. The largest absolute Gasteiger partial charge is 0.484 e. The Balaban J connectivity index is 1.17. The molecule has 0 atom stereocenters. The Hall–Kier alpha value is -3.87. The zero-order valence-corrected chi connectivity index (χ0v) is 18.2. The molecule has 7 nitrogen and oxygen atoms in total. The number of ether oxygens (including phenoxy) is 1. The molecule has 1 aliphatic carbocycles. The number of aromatic nitrogens is 2.